The third kappa shape index (κ3) is 2.81. The molecular formula is C19H28FNO. The van der Waals surface area contributed by atoms with Crippen molar-refractivity contribution in [2.75, 3.05) is 19.8 Å². The van der Waals surface area contributed by atoms with Crippen molar-refractivity contribution in [1.29, 1.82) is 0 Å². The van der Waals surface area contributed by atoms with Gasteiger partial charge in [-0.25, -0.2) is 0 Å². The van der Waals surface area contributed by atoms with Crippen molar-refractivity contribution in [3.8, 4) is 0 Å². The zero-order valence-corrected chi connectivity index (χ0v) is 13.8. The number of hydrogen-bond donors (Lipinski definition) is 1. The van der Waals surface area contributed by atoms with Crippen molar-refractivity contribution >= 4 is 0 Å². The molecule has 0 saturated carbocycles. The molecular weight excluding hydrogens is 277 g/mol. The fourth-order valence-corrected chi connectivity index (χ4v) is 4.00. The minimum Gasteiger partial charge on any atom is -0.392 e. The van der Waals surface area contributed by atoms with Crippen molar-refractivity contribution in [2.24, 2.45) is 5.41 Å². The van der Waals surface area contributed by atoms with Crippen LogP contribution < -0.4 is 0 Å². The highest BCUT2D eigenvalue weighted by Gasteiger charge is 2.45. The van der Waals surface area contributed by atoms with E-state index in [9.17, 15) is 9.50 Å². The number of nitrogens with zero attached hydrogens (tertiary/aromatic N) is 1. The maximum absolute atomic E-state index is 13.4. The van der Waals surface area contributed by atoms with E-state index >= 15 is 0 Å². The van der Waals surface area contributed by atoms with Crippen molar-refractivity contribution in [3.05, 3.63) is 34.9 Å². The summed E-state index contributed by atoms with van der Waals surface area (Å²) in [5.74, 6) is 0. The molecule has 1 saturated heterocycles. The predicted molar refractivity (Wildman–Crippen MR) is 87.8 cm³/mol. The molecule has 3 rings (SSSR count). The monoisotopic (exact) mass is 305 g/mol. The van der Waals surface area contributed by atoms with E-state index in [1.54, 1.807) is 0 Å². The molecule has 0 amide bonds. The van der Waals surface area contributed by atoms with Crippen LogP contribution in [0.15, 0.2) is 18.2 Å². The van der Waals surface area contributed by atoms with Crippen LogP contribution in [-0.4, -0.2) is 35.9 Å². The Bertz CT molecular complexity index is 532. The van der Waals surface area contributed by atoms with Gasteiger partial charge in [0.25, 0.3) is 0 Å². The van der Waals surface area contributed by atoms with Crippen LogP contribution >= 0.6 is 0 Å². The quantitative estimate of drug-likeness (QED) is 0.917. The molecule has 0 unspecified atom stereocenters. The summed E-state index contributed by atoms with van der Waals surface area (Å²) in [6.07, 6.45) is 4.70. The number of aliphatic hydroxyl groups excluding tert-OH is 1. The SMILES string of the molecule is CCCCc1ccc2c(c1)[C@@H]1C[C@H](O)[C@](C)(CF)CN1CC2. The third-order valence-electron chi connectivity index (χ3n) is 5.62. The number of rotatable bonds is 4. The first kappa shape index (κ1) is 15.9. The summed E-state index contributed by atoms with van der Waals surface area (Å²) in [5.41, 5.74) is 3.58. The molecule has 3 atom stereocenters. The number of piperidine rings is 1. The first-order chi connectivity index (χ1) is 10.6. The second kappa shape index (κ2) is 6.29. The van der Waals surface area contributed by atoms with Crippen LogP contribution in [0.5, 0.6) is 0 Å². The van der Waals surface area contributed by atoms with Gasteiger partial charge in [0.2, 0.25) is 0 Å². The molecule has 22 heavy (non-hydrogen) atoms. The molecule has 122 valence electrons. The second-order valence-electron chi connectivity index (χ2n) is 7.41. The van der Waals surface area contributed by atoms with Crippen molar-refractivity contribution in [2.45, 2.75) is 58.1 Å². The molecule has 0 aromatic heterocycles. The molecule has 1 aromatic rings. The lowest BCUT2D eigenvalue weighted by Crippen LogP contribution is -2.54. The average Bonchev–Trinajstić information content (AvgIpc) is 2.54. The molecule has 3 heteroatoms. The Kier molecular flexibility index (Phi) is 4.56. The van der Waals surface area contributed by atoms with Crippen molar-refractivity contribution in [1.82, 2.24) is 4.90 Å². The lowest BCUT2D eigenvalue weighted by molar-refractivity contribution is -0.0760. The predicted octanol–water partition coefficient (Wildman–Crippen LogP) is 3.67. The Hall–Kier alpha value is -0.930. The molecule has 0 spiro atoms. The number of halogens is 1. The standard InChI is InChI=1S/C19H28FNO/c1-3-4-5-14-6-7-15-8-9-21-13-19(2,12-20)18(22)11-17(21)16(15)10-14/h6-7,10,17-18,22H,3-5,8-9,11-13H2,1-2H3/t17-,18-,19+/m0/s1. The number of unbranched alkanes of at least 4 members (excludes halogenated alkanes) is 1. The summed E-state index contributed by atoms with van der Waals surface area (Å²) in [5, 5.41) is 10.4. The summed E-state index contributed by atoms with van der Waals surface area (Å²) < 4.78 is 13.4. The zero-order valence-electron chi connectivity index (χ0n) is 13.8. The van der Waals surface area contributed by atoms with Gasteiger partial charge in [0, 0.05) is 24.5 Å². The van der Waals surface area contributed by atoms with Gasteiger partial charge < -0.3 is 5.11 Å². The number of aliphatic hydroxyl groups is 1. The van der Waals surface area contributed by atoms with E-state index in [1.165, 1.54) is 29.5 Å². The molecule has 2 aliphatic rings. The normalized spacial score (nSPS) is 31.6. The van der Waals surface area contributed by atoms with E-state index in [4.69, 9.17) is 0 Å². The molecule has 1 N–H and O–H groups in total. The van der Waals surface area contributed by atoms with E-state index in [2.05, 4.69) is 30.0 Å². The van der Waals surface area contributed by atoms with Gasteiger partial charge in [-0.1, -0.05) is 38.5 Å². The zero-order chi connectivity index (χ0) is 15.7. The van der Waals surface area contributed by atoms with Gasteiger partial charge in [0.1, 0.15) is 0 Å². The Morgan fingerprint density at radius 3 is 2.95 bits per heavy atom. The summed E-state index contributed by atoms with van der Waals surface area (Å²) >= 11 is 0. The maximum atomic E-state index is 13.4. The maximum Gasteiger partial charge on any atom is 0.0985 e. The molecule has 2 aliphatic heterocycles. The highest BCUT2D eigenvalue weighted by molar-refractivity contribution is 5.37. The molecule has 2 nitrogen and oxygen atoms in total. The van der Waals surface area contributed by atoms with Gasteiger partial charge in [0.05, 0.1) is 12.8 Å². The smallest absolute Gasteiger partial charge is 0.0985 e. The van der Waals surface area contributed by atoms with Crippen LogP contribution in [-0.2, 0) is 12.8 Å². The second-order valence-corrected chi connectivity index (χ2v) is 7.41. The Morgan fingerprint density at radius 2 is 2.23 bits per heavy atom. The van der Waals surface area contributed by atoms with Crippen LogP contribution in [0.4, 0.5) is 4.39 Å². The Labute approximate surface area is 133 Å². The summed E-state index contributed by atoms with van der Waals surface area (Å²) in [4.78, 5) is 2.39. The average molecular weight is 305 g/mol. The van der Waals surface area contributed by atoms with Crippen LogP contribution in [0.2, 0.25) is 0 Å². The van der Waals surface area contributed by atoms with Crippen LogP contribution in [0.3, 0.4) is 0 Å². The summed E-state index contributed by atoms with van der Waals surface area (Å²) in [6, 6.07) is 7.13. The highest BCUT2D eigenvalue weighted by Crippen LogP contribution is 2.43. The van der Waals surface area contributed by atoms with Crippen molar-refractivity contribution in [3.63, 3.8) is 0 Å². The highest BCUT2D eigenvalue weighted by atomic mass is 19.1. The molecule has 2 heterocycles. The van der Waals surface area contributed by atoms with E-state index in [0.29, 0.717) is 13.0 Å². The Balaban J connectivity index is 1.86. The number of hydrogen-bond acceptors (Lipinski definition) is 2. The van der Waals surface area contributed by atoms with Gasteiger partial charge in [0.15, 0.2) is 0 Å². The molecule has 0 bridgehead atoms. The largest absolute Gasteiger partial charge is 0.392 e. The molecule has 0 radical (unpaired) electrons. The van der Waals surface area contributed by atoms with E-state index in [0.717, 1.165) is 19.4 Å². The van der Waals surface area contributed by atoms with E-state index in [1.807, 2.05) is 6.92 Å². The molecule has 1 aromatic carbocycles. The number of benzene rings is 1. The van der Waals surface area contributed by atoms with Gasteiger partial charge in [-0.2, -0.15) is 0 Å². The number of aryl methyl sites for hydroxylation is 1. The Morgan fingerprint density at radius 1 is 1.41 bits per heavy atom. The first-order valence-electron chi connectivity index (χ1n) is 8.67. The lowest BCUT2D eigenvalue weighted by Gasteiger charge is -2.49. The van der Waals surface area contributed by atoms with Gasteiger partial charge >= 0.3 is 0 Å². The van der Waals surface area contributed by atoms with Crippen LogP contribution in [0.25, 0.3) is 0 Å². The number of fused-ring (bicyclic) bond motifs is 3. The fraction of sp³-hybridized carbons (Fsp3) is 0.684. The van der Waals surface area contributed by atoms with Crippen LogP contribution in [0, 0.1) is 5.41 Å². The van der Waals surface area contributed by atoms with Gasteiger partial charge in [-0.15, -0.1) is 0 Å². The van der Waals surface area contributed by atoms with Gasteiger partial charge in [-0.05, 0) is 42.4 Å². The van der Waals surface area contributed by atoms with Gasteiger partial charge in [-0.3, -0.25) is 9.29 Å². The van der Waals surface area contributed by atoms with E-state index in [-0.39, 0.29) is 6.04 Å². The fourth-order valence-electron chi connectivity index (χ4n) is 4.00. The molecule has 0 aliphatic carbocycles. The summed E-state index contributed by atoms with van der Waals surface area (Å²) in [7, 11) is 0. The minimum atomic E-state index is -0.603. The van der Waals surface area contributed by atoms with Crippen molar-refractivity contribution < 1.29 is 9.50 Å². The third-order valence-corrected chi connectivity index (χ3v) is 5.62. The summed E-state index contributed by atoms with van der Waals surface area (Å²) in [6.45, 7) is 5.29. The van der Waals surface area contributed by atoms with E-state index < -0.39 is 18.2 Å². The minimum absolute atomic E-state index is 0.264. The number of alkyl halides is 1. The van der Waals surface area contributed by atoms with Crippen LogP contribution in [0.1, 0.15) is 55.8 Å². The molecule has 1 fully saturated rings. The topological polar surface area (TPSA) is 23.5 Å². The lowest BCUT2D eigenvalue weighted by atomic mass is 9.74. The first-order valence-corrected chi connectivity index (χ1v) is 8.67.